The fourth-order valence-electron chi connectivity index (χ4n) is 1.74. The summed E-state index contributed by atoms with van der Waals surface area (Å²) in [5, 5.41) is 4.15. The van der Waals surface area contributed by atoms with Crippen LogP contribution in [0.4, 0.5) is 0 Å². The highest BCUT2D eigenvalue weighted by Crippen LogP contribution is 2.19. The van der Waals surface area contributed by atoms with Gasteiger partial charge in [-0.3, -0.25) is 4.90 Å². The van der Waals surface area contributed by atoms with Crippen LogP contribution in [0.15, 0.2) is 6.20 Å². The van der Waals surface area contributed by atoms with Gasteiger partial charge in [-0.2, -0.15) is 0 Å². The minimum Gasteiger partial charge on any atom is -0.473 e. The Morgan fingerprint density at radius 2 is 2.35 bits per heavy atom. The summed E-state index contributed by atoms with van der Waals surface area (Å²) in [6.45, 7) is 6.79. The molecule has 6 heteroatoms. The molecule has 5 nitrogen and oxygen atoms in total. The van der Waals surface area contributed by atoms with Crippen molar-refractivity contribution in [3.05, 3.63) is 11.1 Å². The standard InChI is InChI=1S/C11H19N3O2S/c1-15-11-13-9-10(17-11)8-12-2-3-14-4-6-16-7-5-14/h9,12H,2-8H2,1H3. The smallest absolute Gasteiger partial charge is 0.273 e. The molecule has 1 N–H and O–H groups in total. The lowest BCUT2D eigenvalue weighted by Gasteiger charge is -2.26. The van der Waals surface area contributed by atoms with Gasteiger partial charge in [0.2, 0.25) is 0 Å². The Morgan fingerprint density at radius 1 is 1.53 bits per heavy atom. The average molecular weight is 257 g/mol. The molecule has 1 aromatic heterocycles. The van der Waals surface area contributed by atoms with Gasteiger partial charge >= 0.3 is 0 Å². The minimum absolute atomic E-state index is 0.731. The molecule has 96 valence electrons. The summed E-state index contributed by atoms with van der Waals surface area (Å²) in [4.78, 5) is 7.76. The molecule has 17 heavy (non-hydrogen) atoms. The molecular formula is C11H19N3O2S. The Labute approximate surface area is 106 Å². The van der Waals surface area contributed by atoms with Gasteiger partial charge in [-0.25, -0.2) is 4.98 Å². The van der Waals surface area contributed by atoms with Gasteiger partial charge in [-0.1, -0.05) is 11.3 Å². The van der Waals surface area contributed by atoms with Crippen molar-refractivity contribution in [2.75, 3.05) is 46.5 Å². The second-order valence-electron chi connectivity index (χ2n) is 3.93. The van der Waals surface area contributed by atoms with E-state index in [1.54, 1.807) is 18.4 Å². The Balaban J connectivity index is 1.59. The van der Waals surface area contributed by atoms with Crippen molar-refractivity contribution in [3.63, 3.8) is 0 Å². The first-order valence-electron chi connectivity index (χ1n) is 5.88. The van der Waals surface area contributed by atoms with Gasteiger partial charge in [0.25, 0.3) is 5.19 Å². The van der Waals surface area contributed by atoms with E-state index in [4.69, 9.17) is 9.47 Å². The largest absolute Gasteiger partial charge is 0.473 e. The highest BCUT2D eigenvalue weighted by Gasteiger charge is 2.09. The van der Waals surface area contributed by atoms with E-state index in [9.17, 15) is 0 Å². The van der Waals surface area contributed by atoms with Crippen LogP contribution < -0.4 is 10.1 Å². The normalized spacial score (nSPS) is 17.2. The summed E-state index contributed by atoms with van der Waals surface area (Å²) >= 11 is 1.59. The first-order chi connectivity index (χ1) is 8.38. The molecule has 1 aliphatic heterocycles. The molecule has 0 spiro atoms. The predicted molar refractivity (Wildman–Crippen MR) is 67.6 cm³/mol. The lowest BCUT2D eigenvalue weighted by Crippen LogP contribution is -2.40. The van der Waals surface area contributed by atoms with Crippen molar-refractivity contribution in [1.82, 2.24) is 15.2 Å². The van der Waals surface area contributed by atoms with Gasteiger partial charge in [-0.05, 0) is 0 Å². The molecule has 0 aromatic carbocycles. The quantitative estimate of drug-likeness (QED) is 0.755. The van der Waals surface area contributed by atoms with E-state index in [-0.39, 0.29) is 0 Å². The molecule has 1 saturated heterocycles. The SMILES string of the molecule is COc1ncc(CNCCN2CCOCC2)s1. The topological polar surface area (TPSA) is 46.6 Å². The van der Waals surface area contributed by atoms with Crippen LogP contribution >= 0.6 is 11.3 Å². The number of methoxy groups -OCH3 is 1. The molecule has 0 bridgehead atoms. The molecule has 0 saturated carbocycles. The molecule has 2 rings (SSSR count). The number of morpholine rings is 1. The van der Waals surface area contributed by atoms with Crippen LogP contribution in [-0.2, 0) is 11.3 Å². The number of ether oxygens (including phenoxy) is 2. The number of aromatic nitrogens is 1. The van der Waals surface area contributed by atoms with Crippen molar-refractivity contribution in [2.24, 2.45) is 0 Å². The average Bonchev–Trinajstić information content (AvgIpc) is 2.84. The van der Waals surface area contributed by atoms with Gasteiger partial charge in [0, 0.05) is 43.8 Å². The van der Waals surface area contributed by atoms with Crippen LogP contribution in [0.1, 0.15) is 4.88 Å². The molecule has 1 aromatic rings. The molecule has 0 unspecified atom stereocenters. The molecule has 0 radical (unpaired) electrons. The second kappa shape index (κ2) is 6.90. The van der Waals surface area contributed by atoms with Gasteiger partial charge in [0.05, 0.1) is 20.3 Å². The Kier molecular flexibility index (Phi) is 5.18. The van der Waals surface area contributed by atoms with Crippen molar-refractivity contribution >= 4 is 11.3 Å². The summed E-state index contributed by atoms with van der Waals surface area (Å²) in [6, 6.07) is 0. The monoisotopic (exact) mass is 257 g/mol. The van der Waals surface area contributed by atoms with E-state index in [0.29, 0.717) is 0 Å². The van der Waals surface area contributed by atoms with Crippen LogP contribution in [0.25, 0.3) is 0 Å². The van der Waals surface area contributed by atoms with Crippen molar-refractivity contribution in [2.45, 2.75) is 6.54 Å². The molecule has 0 aliphatic carbocycles. The van der Waals surface area contributed by atoms with Crippen molar-refractivity contribution in [3.8, 4) is 5.19 Å². The Morgan fingerprint density at radius 3 is 3.06 bits per heavy atom. The van der Waals surface area contributed by atoms with Gasteiger partial charge in [-0.15, -0.1) is 0 Å². The van der Waals surface area contributed by atoms with E-state index in [2.05, 4.69) is 15.2 Å². The molecule has 1 aliphatic rings. The molecular weight excluding hydrogens is 238 g/mol. The number of hydrogen-bond donors (Lipinski definition) is 1. The second-order valence-corrected chi connectivity index (χ2v) is 5.01. The fourth-order valence-corrected chi connectivity index (χ4v) is 2.43. The summed E-state index contributed by atoms with van der Waals surface area (Å²) in [5.41, 5.74) is 0. The van der Waals surface area contributed by atoms with Crippen LogP contribution in [0.2, 0.25) is 0 Å². The zero-order valence-electron chi connectivity index (χ0n) is 10.1. The Bertz CT molecular complexity index is 326. The van der Waals surface area contributed by atoms with Crippen LogP contribution in [0.3, 0.4) is 0 Å². The lowest BCUT2D eigenvalue weighted by atomic mass is 10.4. The first kappa shape index (κ1) is 12.8. The summed E-state index contributed by atoms with van der Waals surface area (Å²) in [7, 11) is 1.65. The zero-order valence-corrected chi connectivity index (χ0v) is 11.0. The van der Waals surface area contributed by atoms with Gasteiger partial charge in [0.15, 0.2) is 0 Å². The Hall–Kier alpha value is -0.690. The third-order valence-corrected chi connectivity index (χ3v) is 3.67. The molecule has 0 atom stereocenters. The molecule has 1 fully saturated rings. The maximum Gasteiger partial charge on any atom is 0.273 e. The van der Waals surface area contributed by atoms with E-state index >= 15 is 0 Å². The van der Waals surface area contributed by atoms with Crippen LogP contribution in [-0.4, -0.2) is 56.4 Å². The predicted octanol–water partition coefficient (Wildman–Crippen LogP) is 0.573. The third kappa shape index (κ3) is 4.23. The van der Waals surface area contributed by atoms with Gasteiger partial charge in [0.1, 0.15) is 0 Å². The number of hydrogen-bond acceptors (Lipinski definition) is 6. The first-order valence-corrected chi connectivity index (χ1v) is 6.69. The third-order valence-electron chi connectivity index (χ3n) is 2.71. The number of rotatable bonds is 6. The fraction of sp³-hybridized carbons (Fsp3) is 0.727. The van der Waals surface area contributed by atoms with E-state index in [1.165, 1.54) is 4.88 Å². The van der Waals surface area contributed by atoms with E-state index in [0.717, 1.165) is 51.1 Å². The van der Waals surface area contributed by atoms with E-state index in [1.807, 2.05) is 6.20 Å². The van der Waals surface area contributed by atoms with Crippen LogP contribution in [0, 0.1) is 0 Å². The zero-order chi connectivity index (χ0) is 11.9. The molecule has 2 heterocycles. The summed E-state index contributed by atoms with van der Waals surface area (Å²) in [6.07, 6.45) is 1.87. The maximum absolute atomic E-state index is 5.31. The number of nitrogens with one attached hydrogen (secondary N) is 1. The highest BCUT2D eigenvalue weighted by molar-refractivity contribution is 7.13. The van der Waals surface area contributed by atoms with Crippen LogP contribution in [0.5, 0.6) is 5.19 Å². The lowest BCUT2D eigenvalue weighted by molar-refractivity contribution is 0.0384. The minimum atomic E-state index is 0.731. The summed E-state index contributed by atoms with van der Waals surface area (Å²) < 4.78 is 10.4. The molecule has 0 amide bonds. The van der Waals surface area contributed by atoms with E-state index < -0.39 is 0 Å². The maximum atomic E-state index is 5.31. The number of nitrogens with zero attached hydrogens (tertiary/aromatic N) is 2. The van der Waals surface area contributed by atoms with Crippen molar-refractivity contribution < 1.29 is 9.47 Å². The van der Waals surface area contributed by atoms with Crippen molar-refractivity contribution in [1.29, 1.82) is 0 Å². The summed E-state index contributed by atoms with van der Waals surface area (Å²) in [5.74, 6) is 0. The van der Waals surface area contributed by atoms with Gasteiger partial charge < -0.3 is 14.8 Å². The number of thiazole rings is 1. The highest BCUT2D eigenvalue weighted by atomic mass is 32.1.